The van der Waals surface area contributed by atoms with Gasteiger partial charge in [-0.05, 0) is 99.9 Å². The minimum absolute atomic E-state index is 0.0975. The summed E-state index contributed by atoms with van der Waals surface area (Å²) in [5.41, 5.74) is -0.717. The van der Waals surface area contributed by atoms with Gasteiger partial charge in [0.2, 0.25) is 0 Å². The van der Waals surface area contributed by atoms with Crippen LogP contribution < -0.4 is 5.32 Å². The highest BCUT2D eigenvalue weighted by molar-refractivity contribution is 5.72. The van der Waals surface area contributed by atoms with Gasteiger partial charge in [0.25, 0.3) is 0 Å². The molecule has 0 aromatic heterocycles. The molecule has 0 amide bonds. The quantitative estimate of drug-likeness (QED) is 0.330. The van der Waals surface area contributed by atoms with Crippen LogP contribution >= 0.6 is 0 Å². The van der Waals surface area contributed by atoms with Gasteiger partial charge in [0.15, 0.2) is 0 Å². The summed E-state index contributed by atoms with van der Waals surface area (Å²) in [4.78, 5) is 30.8. The van der Waals surface area contributed by atoms with Crippen LogP contribution in [0.15, 0.2) is 0 Å². The van der Waals surface area contributed by atoms with Gasteiger partial charge in [-0.1, -0.05) is 6.92 Å². The van der Waals surface area contributed by atoms with E-state index in [2.05, 4.69) is 26.9 Å². The van der Waals surface area contributed by atoms with Crippen molar-refractivity contribution >= 4 is 11.9 Å². The van der Waals surface area contributed by atoms with E-state index >= 15 is 0 Å². The topological polar surface area (TPSA) is 94.6 Å². The molecule has 1 unspecified atom stereocenters. The second kappa shape index (κ2) is 17.4. The Labute approximate surface area is 226 Å². The van der Waals surface area contributed by atoms with Crippen molar-refractivity contribution in [3.8, 4) is 0 Å². The smallest absolute Gasteiger partial charge is 0.320 e. The van der Waals surface area contributed by atoms with Crippen LogP contribution in [0.4, 0.5) is 0 Å². The zero-order valence-corrected chi connectivity index (χ0v) is 24.8. The Morgan fingerprint density at radius 2 is 1.68 bits per heavy atom. The van der Waals surface area contributed by atoms with E-state index < -0.39 is 11.6 Å². The number of rotatable bonds is 14. The van der Waals surface area contributed by atoms with Crippen molar-refractivity contribution < 1.29 is 24.2 Å². The van der Waals surface area contributed by atoms with Gasteiger partial charge in [0, 0.05) is 38.6 Å². The Hall–Kier alpha value is -1.26. The molecule has 9 heteroatoms. The van der Waals surface area contributed by atoms with Crippen LogP contribution in [-0.4, -0.2) is 121 Å². The van der Waals surface area contributed by atoms with E-state index in [1.54, 1.807) is 0 Å². The second-order valence-electron chi connectivity index (χ2n) is 12.2. The Kier molecular flexibility index (Phi) is 15.8. The predicted octanol–water partition coefficient (Wildman–Crippen LogP) is 3.08. The van der Waals surface area contributed by atoms with Crippen molar-refractivity contribution in [3.05, 3.63) is 0 Å². The fourth-order valence-electron chi connectivity index (χ4n) is 4.50. The molecule has 0 aromatic carbocycles. The molecule has 0 saturated carbocycles. The van der Waals surface area contributed by atoms with Crippen LogP contribution in [0.5, 0.6) is 0 Å². The number of hydrogen-bond acceptors (Lipinski definition) is 8. The van der Waals surface area contributed by atoms with Crippen LogP contribution in [0.1, 0.15) is 80.6 Å². The molecule has 0 bridgehead atoms. The summed E-state index contributed by atoms with van der Waals surface area (Å²) in [6.07, 6.45) is 3.79. The molecular formula is C28H56N4O5. The first-order valence-electron chi connectivity index (χ1n) is 14.3. The molecule has 1 atom stereocenters. The number of carboxylic acids is 1. The van der Waals surface area contributed by atoms with Crippen LogP contribution in [0.2, 0.25) is 0 Å². The Bertz CT molecular complexity index is 647. The van der Waals surface area contributed by atoms with Crippen molar-refractivity contribution in [1.29, 1.82) is 0 Å². The largest absolute Gasteiger partial charge is 0.481 e. The first-order chi connectivity index (χ1) is 17.3. The highest BCUT2D eigenvalue weighted by atomic mass is 16.6. The third-order valence-electron chi connectivity index (χ3n) is 6.28. The van der Waals surface area contributed by atoms with Gasteiger partial charge in [-0.2, -0.15) is 0 Å². The second-order valence-corrected chi connectivity index (χ2v) is 12.2. The molecule has 0 aromatic rings. The first kappa shape index (κ1) is 33.8. The molecule has 1 fully saturated rings. The van der Waals surface area contributed by atoms with Crippen molar-refractivity contribution in [2.24, 2.45) is 0 Å². The lowest BCUT2D eigenvalue weighted by atomic mass is 10.1. The Balaban J connectivity index is 2.69. The number of carboxylic acid groups (broad SMARTS) is 1. The number of carbonyl (C=O) groups is 2. The number of hydrogen-bond donors (Lipinski definition) is 2. The summed E-state index contributed by atoms with van der Waals surface area (Å²) >= 11 is 0. The van der Waals surface area contributed by atoms with Gasteiger partial charge < -0.3 is 24.8 Å². The molecule has 9 nitrogen and oxygen atoms in total. The third-order valence-corrected chi connectivity index (χ3v) is 6.28. The van der Waals surface area contributed by atoms with Crippen LogP contribution in [0.25, 0.3) is 0 Å². The van der Waals surface area contributed by atoms with Crippen molar-refractivity contribution in [2.75, 3.05) is 72.1 Å². The zero-order valence-electron chi connectivity index (χ0n) is 24.8. The van der Waals surface area contributed by atoms with E-state index in [1.165, 1.54) is 0 Å². The average molecular weight is 529 g/mol. The molecule has 1 aliphatic rings. The lowest BCUT2D eigenvalue weighted by Crippen LogP contribution is -2.45. The molecule has 2 N–H and O–H groups in total. The van der Waals surface area contributed by atoms with Crippen molar-refractivity contribution in [2.45, 2.75) is 97.8 Å². The molecule has 0 spiro atoms. The molecule has 0 aliphatic carbocycles. The van der Waals surface area contributed by atoms with Gasteiger partial charge in [-0.15, -0.1) is 0 Å². The lowest BCUT2D eigenvalue weighted by Gasteiger charge is -2.34. The molecule has 0 radical (unpaired) electrons. The van der Waals surface area contributed by atoms with E-state index in [9.17, 15) is 14.7 Å². The first-order valence-corrected chi connectivity index (χ1v) is 14.3. The highest BCUT2D eigenvalue weighted by Crippen LogP contribution is 2.15. The summed E-state index contributed by atoms with van der Waals surface area (Å²) in [6.45, 7) is 23.2. The summed E-state index contributed by atoms with van der Waals surface area (Å²) in [5, 5.41) is 12.8. The highest BCUT2D eigenvalue weighted by Gasteiger charge is 2.23. The van der Waals surface area contributed by atoms with Gasteiger partial charge >= 0.3 is 11.9 Å². The Morgan fingerprint density at radius 1 is 0.973 bits per heavy atom. The third kappa shape index (κ3) is 17.8. The Morgan fingerprint density at radius 3 is 2.30 bits per heavy atom. The number of aliphatic carboxylic acids is 1. The summed E-state index contributed by atoms with van der Waals surface area (Å²) < 4.78 is 11.6. The zero-order chi connectivity index (χ0) is 27.9. The van der Waals surface area contributed by atoms with Crippen LogP contribution in [-0.2, 0) is 19.1 Å². The summed E-state index contributed by atoms with van der Waals surface area (Å²) in [7, 11) is 0. The fraction of sp³-hybridized carbons (Fsp3) is 0.929. The minimum atomic E-state index is -0.756. The van der Waals surface area contributed by atoms with Crippen molar-refractivity contribution in [1.82, 2.24) is 20.0 Å². The van der Waals surface area contributed by atoms with E-state index in [0.717, 1.165) is 78.2 Å². The molecule has 1 aliphatic heterocycles. The SMILES string of the molecule is CCCN(CCCN1CCNCCCN(CC(=O)OC(C)(C)C)CC1)C(CCC(=O)O)COC(C)(C)C. The molecule has 1 saturated heterocycles. The lowest BCUT2D eigenvalue weighted by molar-refractivity contribution is -0.156. The van der Waals surface area contributed by atoms with E-state index in [0.29, 0.717) is 19.6 Å². The number of ether oxygens (including phenoxy) is 2. The summed E-state index contributed by atoms with van der Waals surface area (Å²) in [5.74, 6) is -0.919. The number of nitrogens with one attached hydrogen (secondary N) is 1. The summed E-state index contributed by atoms with van der Waals surface area (Å²) in [6, 6.07) is 0.0975. The normalized spacial score (nSPS) is 18.1. The van der Waals surface area contributed by atoms with Crippen molar-refractivity contribution in [3.63, 3.8) is 0 Å². The number of carbonyl (C=O) groups excluding carboxylic acids is 1. The van der Waals surface area contributed by atoms with Crippen LogP contribution in [0, 0.1) is 0 Å². The molecule has 1 rings (SSSR count). The van der Waals surface area contributed by atoms with Gasteiger partial charge in [0.1, 0.15) is 5.60 Å². The number of nitrogens with zero attached hydrogens (tertiary/aromatic N) is 3. The number of esters is 1. The van der Waals surface area contributed by atoms with Gasteiger partial charge in [0.05, 0.1) is 18.8 Å². The van der Waals surface area contributed by atoms with Crippen LogP contribution in [0.3, 0.4) is 0 Å². The molecular weight excluding hydrogens is 472 g/mol. The fourth-order valence-corrected chi connectivity index (χ4v) is 4.50. The molecule has 37 heavy (non-hydrogen) atoms. The standard InChI is InChI=1S/C28H56N4O5/c1-8-15-32(24(11-12-25(33)34)23-36-27(2,3)4)18-10-17-30-19-14-29-13-9-16-31(21-20-30)22-26(35)37-28(5,6)7/h24,29H,8-23H2,1-7H3,(H,33,34). The predicted molar refractivity (Wildman–Crippen MR) is 149 cm³/mol. The van der Waals surface area contributed by atoms with Gasteiger partial charge in [-0.25, -0.2) is 0 Å². The molecule has 1 heterocycles. The minimum Gasteiger partial charge on any atom is -0.481 e. The molecule has 218 valence electrons. The average Bonchev–Trinajstić information content (AvgIpc) is 2.76. The maximum Gasteiger partial charge on any atom is 0.320 e. The monoisotopic (exact) mass is 528 g/mol. The van der Waals surface area contributed by atoms with Gasteiger partial charge in [-0.3, -0.25) is 19.4 Å². The maximum atomic E-state index is 12.4. The van der Waals surface area contributed by atoms with E-state index in [-0.39, 0.29) is 24.0 Å². The van der Waals surface area contributed by atoms with E-state index in [1.807, 2.05) is 41.5 Å². The van der Waals surface area contributed by atoms with E-state index in [4.69, 9.17) is 9.47 Å². The maximum absolute atomic E-state index is 12.4.